The van der Waals surface area contributed by atoms with Crippen molar-refractivity contribution in [3.63, 3.8) is 0 Å². The summed E-state index contributed by atoms with van der Waals surface area (Å²) in [6.07, 6.45) is 3.47. The van der Waals surface area contributed by atoms with E-state index < -0.39 is 37.8 Å². The number of esters is 3. The van der Waals surface area contributed by atoms with Gasteiger partial charge in [0.25, 0.3) is 0 Å². The van der Waals surface area contributed by atoms with Crippen LogP contribution in [0.3, 0.4) is 0 Å². The standard InChI is InChI=1S/C51H54O14/c1-9-44(52)57-30-59-47(55)62-36-18-13-34(14-19-36)12-11-23-61-65-43-27-41-39(25-33(43)4)50(7,8)29-51(41)28-49(5,6)38-24-32(3)42(26-40(38)51)64-46(54)22-17-35-15-20-37(21-16-35)63-48(56)60-31-58-45(53)10-2/h9-10,13-16,18-21,24-27H,1-2,11-12,17,22-23,28-31H2,3-8H3. The molecule has 0 aliphatic heterocycles. The topological polar surface area (TPSA) is 168 Å². The lowest BCUT2D eigenvalue weighted by Crippen LogP contribution is -2.27. The molecule has 0 N–H and O–H groups in total. The highest BCUT2D eigenvalue weighted by Gasteiger charge is 2.56. The van der Waals surface area contributed by atoms with Gasteiger partial charge in [-0.2, -0.15) is 4.89 Å². The number of carbonyl (C=O) groups is 5. The van der Waals surface area contributed by atoms with Gasteiger partial charge in [-0.15, -0.1) is 0 Å². The summed E-state index contributed by atoms with van der Waals surface area (Å²) in [4.78, 5) is 71.1. The summed E-state index contributed by atoms with van der Waals surface area (Å²) in [5.74, 6) is -0.148. The molecule has 4 aromatic rings. The normalized spacial score (nSPS) is 16.0. The molecule has 14 heteroatoms. The average molecular weight is 891 g/mol. The predicted molar refractivity (Wildman–Crippen MR) is 237 cm³/mol. The minimum Gasteiger partial charge on any atom is -0.426 e. The van der Waals surface area contributed by atoms with Crippen molar-refractivity contribution in [2.75, 3.05) is 20.2 Å². The molecule has 0 amide bonds. The first kappa shape index (κ1) is 47.5. The molecule has 65 heavy (non-hydrogen) atoms. The Kier molecular flexibility index (Phi) is 14.8. The first-order valence-corrected chi connectivity index (χ1v) is 21.2. The Balaban J connectivity index is 1.07. The van der Waals surface area contributed by atoms with Crippen LogP contribution in [-0.4, -0.2) is 50.4 Å². The van der Waals surface area contributed by atoms with Gasteiger partial charge < -0.3 is 38.0 Å². The number of benzene rings is 4. The number of fused-ring (bicyclic) bond motifs is 4. The molecule has 0 heterocycles. The van der Waals surface area contributed by atoms with Crippen molar-refractivity contribution in [1.29, 1.82) is 0 Å². The van der Waals surface area contributed by atoms with E-state index in [0.29, 0.717) is 37.4 Å². The summed E-state index contributed by atoms with van der Waals surface area (Å²) >= 11 is 0. The second kappa shape index (κ2) is 20.3. The van der Waals surface area contributed by atoms with Crippen LogP contribution in [0.2, 0.25) is 0 Å². The Hall–Kier alpha value is -6.93. The Morgan fingerprint density at radius 1 is 0.585 bits per heavy atom. The van der Waals surface area contributed by atoms with Gasteiger partial charge in [-0.25, -0.2) is 19.2 Å². The van der Waals surface area contributed by atoms with Crippen molar-refractivity contribution in [2.24, 2.45) is 0 Å². The van der Waals surface area contributed by atoms with Gasteiger partial charge in [0.2, 0.25) is 13.6 Å². The van der Waals surface area contributed by atoms with Gasteiger partial charge in [0, 0.05) is 24.0 Å². The lowest BCUT2D eigenvalue weighted by molar-refractivity contribution is -0.207. The zero-order valence-electron chi connectivity index (χ0n) is 37.6. The maximum absolute atomic E-state index is 13.4. The molecule has 1 spiro atoms. The summed E-state index contributed by atoms with van der Waals surface area (Å²) in [7, 11) is 0. The zero-order chi connectivity index (χ0) is 46.9. The lowest BCUT2D eigenvalue weighted by atomic mass is 9.72. The van der Waals surface area contributed by atoms with Crippen molar-refractivity contribution in [3.05, 3.63) is 143 Å². The maximum atomic E-state index is 13.4. The molecule has 1 atom stereocenters. The molecule has 0 saturated heterocycles. The Morgan fingerprint density at radius 2 is 1.05 bits per heavy atom. The second-order valence-electron chi connectivity index (χ2n) is 17.4. The van der Waals surface area contributed by atoms with Gasteiger partial charge in [0.05, 0.1) is 6.61 Å². The smallest absolute Gasteiger partial charge is 0.426 e. The van der Waals surface area contributed by atoms with Crippen LogP contribution < -0.4 is 19.1 Å². The Labute approximate surface area is 378 Å². The first-order valence-electron chi connectivity index (χ1n) is 21.2. The molecule has 1 unspecified atom stereocenters. The van der Waals surface area contributed by atoms with Crippen LogP contribution in [0, 0.1) is 13.8 Å². The van der Waals surface area contributed by atoms with Crippen LogP contribution in [0.5, 0.6) is 23.0 Å². The molecule has 0 radical (unpaired) electrons. The molecule has 0 aromatic heterocycles. The highest BCUT2D eigenvalue weighted by Crippen LogP contribution is 2.64. The number of hydrogen-bond donors (Lipinski definition) is 0. The Morgan fingerprint density at radius 3 is 1.54 bits per heavy atom. The van der Waals surface area contributed by atoms with E-state index in [1.54, 1.807) is 36.4 Å². The summed E-state index contributed by atoms with van der Waals surface area (Å²) in [6.45, 7) is 18.8. The third-order valence-corrected chi connectivity index (χ3v) is 11.6. The largest absolute Gasteiger partial charge is 0.516 e. The second-order valence-corrected chi connectivity index (χ2v) is 17.4. The minimum atomic E-state index is -1.04. The van der Waals surface area contributed by atoms with Gasteiger partial charge >= 0.3 is 30.2 Å². The molecule has 342 valence electrons. The van der Waals surface area contributed by atoms with E-state index in [4.69, 9.17) is 33.5 Å². The molecule has 0 saturated carbocycles. The molecule has 14 nitrogen and oxygen atoms in total. The predicted octanol–water partition coefficient (Wildman–Crippen LogP) is 9.84. The summed E-state index contributed by atoms with van der Waals surface area (Å²) in [6, 6.07) is 22.2. The van der Waals surface area contributed by atoms with E-state index in [-0.39, 0.29) is 40.1 Å². The SMILES string of the molecule is C=CC(=O)OCOC(=O)Oc1ccc(CCCOOc2cc3c(cc2C)C(C)(C)CC32CC(C)(C)c3cc(C)c(OC(=O)CCc4ccc(OC(=O)OCOC(=O)C=C)cc4)cc32)cc1. The van der Waals surface area contributed by atoms with Crippen LogP contribution in [0.4, 0.5) is 9.59 Å². The van der Waals surface area contributed by atoms with Crippen LogP contribution in [0.15, 0.2) is 98.1 Å². The maximum Gasteiger partial charge on any atom is 0.516 e. The summed E-state index contributed by atoms with van der Waals surface area (Å²) < 4.78 is 34.9. The fourth-order valence-electron chi connectivity index (χ4n) is 8.72. The van der Waals surface area contributed by atoms with Crippen molar-refractivity contribution < 1.29 is 66.9 Å². The van der Waals surface area contributed by atoms with Gasteiger partial charge in [-0.3, -0.25) is 4.79 Å². The summed E-state index contributed by atoms with van der Waals surface area (Å²) in [5.41, 5.74) is 7.81. The van der Waals surface area contributed by atoms with Crippen molar-refractivity contribution in [3.8, 4) is 23.0 Å². The van der Waals surface area contributed by atoms with E-state index in [9.17, 15) is 24.0 Å². The van der Waals surface area contributed by atoms with Crippen molar-refractivity contribution >= 4 is 30.2 Å². The lowest BCUT2D eigenvalue weighted by Gasteiger charge is -2.30. The molecule has 4 aromatic carbocycles. The van der Waals surface area contributed by atoms with Gasteiger partial charge in [0.1, 0.15) is 17.2 Å². The zero-order valence-corrected chi connectivity index (χ0v) is 37.6. The number of ether oxygens (including phenoxy) is 7. The van der Waals surface area contributed by atoms with Crippen molar-refractivity contribution in [1.82, 2.24) is 0 Å². The van der Waals surface area contributed by atoms with Crippen LogP contribution in [0.1, 0.15) is 97.9 Å². The molecular weight excluding hydrogens is 837 g/mol. The fourth-order valence-corrected chi connectivity index (χ4v) is 8.72. The van der Waals surface area contributed by atoms with E-state index in [1.165, 1.54) is 16.7 Å². The third-order valence-electron chi connectivity index (χ3n) is 11.6. The molecule has 0 bridgehead atoms. The number of rotatable bonds is 18. The Bertz CT molecular complexity index is 2440. The van der Waals surface area contributed by atoms with E-state index in [2.05, 4.69) is 74.6 Å². The molecule has 2 aliphatic rings. The highest BCUT2D eigenvalue weighted by molar-refractivity contribution is 5.81. The molecular formula is C51H54O14. The number of carbonyl (C=O) groups excluding carboxylic acids is 5. The molecule has 0 fully saturated rings. The highest BCUT2D eigenvalue weighted by atomic mass is 17.2. The van der Waals surface area contributed by atoms with E-state index >= 15 is 0 Å². The minimum absolute atomic E-state index is 0.123. The van der Waals surface area contributed by atoms with Crippen molar-refractivity contribution in [2.45, 2.75) is 96.3 Å². The summed E-state index contributed by atoms with van der Waals surface area (Å²) in [5, 5.41) is 0. The number of aryl methyl sites for hydroxylation is 4. The number of hydrogen-bond acceptors (Lipinski definition) is 14. The monoisotopic (exact) mass is 890 g/mol. The third kappa shape index (κ3) is 11.6. The van der Waals surface area contributed by atoms with Gasteiger partial charge in [-0.05, 0) is 138 Å². The van der Waals surface area contributed by atoms with Crippen LogP contribution in [-0.2, 0) is 67.3 Å². The quantitative estimate of drug-likeness (QED) is 0.0135. The van der Waals surface area contributed by atoms with Crippen LogP contribution in [0.25, 0.3) is 0 Å². The van der Waals surface area contributed by atoms with E-state index in [0.717, 1.165) is 52.8 Å². The first-order chi connectivity index (χ1) is 30.9. The van der Waals surface area contributed by atoms with E-state index in [1.807, 2.05) is 26.0 Å². The molecule has 6 rings (SSSR count). The average Bonchev–Trinajstić information content (AvgIpc) is 3.61. The van der Waals surface area contributed by atoms with Gasteiger partial charge in [0.15, 0.2) is 5.75 Å². The van der Waals surface area contributed by atoms with Gasteiger partial charge in [-0.1, -0.05) is 77.3 Å². The molecule has 2 aliphatic carbocycles. The van der Waals surface area contributed by atoms with Crippen LogP contribution >= 0.6 is 0 Å². The fraction of sp³-hybridized carbons (Fsp3) is 0.353.